The Balaban J connectivity index is 1.56. The first-order valence-corrected chi connectivity index (χ1v) is 6.99. The van der Waals surface area contributed by atoms with Crippen LogP contribution >= 0.6 is 0 Å². The number of nitrogens with two attached hydrogens (primary N) is 1. The highest BCUT2D eigenvalue weighted by atomic mass is 16.2. The molecule has 1 saturated carbocycles. The third-order valence-corrected chi connectivity index (χ3v) is 4.76. The average molecular weight is 274 g/mol. The van der Waals surface area contributed by atoms with E-state index in [1.807, 2.05) is 0 Å². The summed E-state index contributed by atoms with van der Waals surface area (Å²) >= 11 is 0. The van der Waals surface area contributed by atoms with E-state index >= 15 is 0 Å². The van der Waals surface area contributed by atoms with E-state index in [2.05, 4.69) is 16.1 Å². The fourth-order valence-electron chi connectivity index (χ4n) is 3.46. The molecule has 4 aliphatic rings. The van der Waals surface area contributed by atoms with Gasteiger partial charge in [0.1, 0.15) is 5.54 Å². The highest BCUT2D eigenvalue weighted by Crippen LogP contribution is 2.50. The monoisotopic (exact) mass is 274 g/mol. The van der Waals surface area contributed by atoms with Crippen LogP contribution in [0.25, 0.3) is 0 Å². The molecule has 2 saturated heterocycles. The minimum absolute atomic E-state index is 0.0128. The van der Waals surface area contributed by atoms with E-state index in [4.69, 9.17) is 12.2 Å². The first-order chi connectivity index (χ1) is 9.51. The lowest BCUT2D eigenvalue weighted by Crippen LogP contribution is -2.57. The Bertz CT molecular complexity index is 522. The van der Waals surface area contributed by atoms with Gasteiger partial charge < -0.3 is 10.6 Å². The second kappa shape index (κ2) is 4.30. The van der Waals surface area contributed by atoms with Crippen molar-refractivity contribution >= 4 is 11.8 Å². The Morgan fingerprint density at radius 3 is 2.60 bits per heavy atom. The van der Waals surface area contributed by atoms with Gasteiger partial charge in [-0.1, -0.05) is 0 Å². The number of hydrogen-bond donors (Lipinski definition) is 1. The van der Waals surface area contributed by atoms with E-state index in [0.29, 0.717) is 38.1 Å². The van der Waals surface area contributed by atoms with Crippen LogP contribution < -0.4 is 5.73 Å². The molecule has 2 N–H and O–H groups in total. The zero-order chi connectivity index (χ0) is 14.4. The van der Waals surface area contributed by atoms with Crippen LogP contribution in [0.5, 0.6) is 0 Å². The molecule has 2 amide bonds. The Kier molecular flexibility index (Phi) is 2.82. The molecule has 0 aromatic rings. The number of amides is 2. The smallest absolute Gasteiger partial charge is 0.243 e. The molecule has 20 heavy (non-hydrogen) atoms. The maximum Gasteiger partial charge on any atom is 0.243 e. The number of fused-ring (bicyclic) bond motifs is 1. The lowest BCUT2D eigenvalue weighted by molar-refractivity contribution is -0.144. The van der Waals surface area contributed by atoms with Crippen molar-refractivity contribution in [3.05, 3.63) is 0 Å². The third-order valence-electron chi connectivity index (χ3n) is 4.76. The molecule has 106 valence electrons. The summed E-state index contributed by atoms with van der Waals surface area (Å²) in [5.41, 5.74) is 4.32. The van der Waals surface area contributed by atoms with Gasteiger partial charge in [0.15, 0.2) is 5.66 Å². The molecule has 0 unspecified atom stereocenters. The Morgan fingerprint density at radius 2 is 2.05 bits per heavy atom. The summed E-state index contributed by atoms with van der Waals surface area (Å²) in [6, 6.07) is 0. The first-order valence-electron chi connectivity index (χ1n) is 6.99. The van der Waals surface area contributed by atoms with Crippen molar-refractivity contribution in [2.24, 2.45) is 21.9 Å². The predicted molar refractivity (Wildman–Crippen MR) is 71.3 cm³/mol. The van der Waals surface area contributed by atoms with Gasteiger partial charge in [0.2, 0.25) is 11.8 Å². The molecular weight excluding hydrogens is 256 g/mol. The van der Waals surface area contributed by atoms with Gasteiger partial charge in [-0.2, -0.15) is 10.2 Å². The van der Waals surface area contributed by atoms with Gasteiger partial charge in [0.25, 0.3) is 0 Å². The van der Waals surface area contributed by atoms with Crippen molar-refractivity contribution in [3.63, 3.8) is 0 Å². The highest BCUT2D eigenvalue weighted by molar-refractivity contribution is 5.92. The number of terminal acetylenes is 1. The molecule has 3 aliphatic heterocycles. The van der Waals surface area contributed by atoms with E-state index in [9.17, 15) is 9.59 Å². The standard InChI is InChI=1S/C14H18N4O2/c1-2-3-5-14(16-17-14)6-4-11(19)18-9-10-7-13(18,8-10)12(15)20/h1,10H,3-9H2,(H2,15,20). The molecule has 2 bridgehead atoms. The summed E-state index contributed by atoms with van der Waals surface area (Å²) in [7, 11) is 0. The van der Waals surface area contributed by atoms with Gasteiger partial charge >= 0.3 is 0 Å². The lowest BCUT2D eigenvalue weighted by Gasteiger charge is -2.39. The van der Waals surface area contributed by atoms with E-state index in [1.165, 1.54) is 0 Å². The zero-order valence-electron chi connectivity index (χ0n) is 11.3. The maximum absolute atomic E-state index is 12.3. The van der Waals surface area contributed by atoms with E-state index < -0.39 is 11.2 Å². The molecule has 0 atom stereocenters. The molecule has 0 aromatic heterocycles. The highest BCUT2D eigenvalue weighted by Gasteiger charge is 2.61. The molecule has 6 heteroatoms. The van der Waals surface area contributed by atoms with E-state index in [0.717, 1.165) is 12.8 Å². The lowest BCUT2D eigenvalue weighted by atomic mass is 9.73. The van der Waals surface area contributed by atoms with E-state index in [1.54, 1.807) is 4.90 Å². The molecule has 4 rings (SSSR count). The van der Waals surface area contributed by atoms with Crippen molar-refractivity contribution in [3.8, 4) is 12.3 Å². The Morgan fingerprint density at radius 1 is 1.35 bits per heavy atom. The van der Waals surface area contributed by atoms with Crippen LogP contribution in [-0.2, 0) is 9.59 Å². The number of primary amides is 1. The summed E-state index contributed by atoms with van der Waals surface area (Å²) in [5.74, 6) is 2.62. The molecule has 1 aliphatic carbocycles. The van der Waals surface area contributed by atoms with Gasteiger partial charge in [0.05, 0.1) is 0 Å². The largest absolute Gasteiger partial charge is 0.368 e. The molecule has 3 heterocycles. The molecule has 0 radical (unpaired) electrons. The van der Waals surface area contributed by atoms with Crippen molar-refractivity contribution in [1.29, 1.82) is 0 Å². The van der Waals surface area contributed by atoms with Crippen LogP contribution in [0.4, 0.5) is 0 Å². The van der Waals surface area contributed by atoms with Crippen molar-refractivity contribution in [2.45, 2.75) is 49.7 Å². The van der Waals surface area contributed by atoms with Gasteiger partial charge in [-0.25, -0.2) is 0 Å². The summed E-state index contributed by atoms with van der Waals surface area (Å²) in [4.78, 5) is 25.6. The second-order valence-electron chi connectivity index (χ2n) is 6.06. The Hall–Kier alpha value is -1.90. The second-order valence-corrected chi connectivity index (χ2v) is 6.06. The van der Waals surface area contributed by atoms with Crippen LogP contribution in [-0.4, -0.2) is 34.5 Å². The molecule has 0 aromatic carbocycles. The molecule has 0 spiro atoms. The van der Waals surface area contributed by atoms with Gasteiger partial charge in [-0.05, 0) is 18.8 Å². The van der Waals surface area contributed by atoms with Crippen LogP contribution in [0, 0.1) is 18.3 Å². The number of carbonyl (C=O) groups excluding carboxylic acids is 2. The minimum atomic E-state index is -0.703. The maximum atomic E-state index is 12.3. The quantitative estimate of drug-likeness (QED) is 0.727. The van der Waals surface area contributed by atoms with Crippen molar-refractivity contribution < 1.29 is 9.59 Å². The third kappa shape index (κ3) is 1.89. The zero-order valence-corrected chi connectivity index (χ0v) is 11.3. The summed E-state index contributed by atoms with van der Waals surface area (Å²) in [6.07, 6.45) is 8.91. The van der Waals surface area contributed by atoms with Gasteiger partial charge in [-0.3, -0.25) is 9.59 Å². The Labute approximate surface area is 117 Å². The van der Waals surface area contributed by atoms with Crippen LogP contribution in [0.15, 0.2) is 10.2 Å². The van der Waals surface area contributed by atoms with Crippen molar-refractivity contribution in [2.75, 3.05) is 6.54 Å². The minimum Gasteiger partial charge on any atom is -0.368 e. The van der Waals surface area contributed by atoms with E-state index in [-0.39, 0.29) is 11.8 Å². The summed E-state index contributed by atoms with van der Waals surface area (Å²) in [5, 5.41) is 8.04. The normalized spacial score (nSPS) is 31.6. The van der Waals surface area contributed by atoms with Crippen molar-refractivity contribution in [1.82, 2.24) is 4.90 Å². The summed E-state index contributed by atoms with van der Waals surface area (Å²) in [6.45, 7) is 0.660. The number of hydrogen-bond acceptors (Lipinski definition) is 4. The topological polar surface area (TPSA) is 88.1 Å². The molecular formula is C14H18N4O2. The van der Waals surface area contributed by atoms with Crippen LogP contribution in [0.2, 0.25) is 0 Å². The molecule has 6 nitrogen and oxygen atoms in total. The average Bonchev–Trinajstić information content (AvgIpc) is 2.89. The first kappa shape index (κ1) is 13.1. The number of nitrogens with zero attached hydrogens (tertiary/aromatic N) is 3. The fraction of sp³-hybridized carbons (Fsp3) is 0.714. The van der Waals surface area contributed by atoms with Gasteiger partial charge in [-0.15, -0.1) is 12.3 Å². The van der Waals surface area contributed by atoms with Crippen LogP contribution in [0.3, 0.4) is 0 Å². The van der Waals surface area contributed by atoms with Gasteiger partial charge in [0, 0.05) is 32.2 Å². The number of rotatable bonds is 6. The summed E-state index contributed by atoms with van der Waals surface area (Å²) < 4.78 is 0. The predicted octanol–water partition coefficient (Wildman–Crippen LogP) is 0.818. The van der Waals surface area contributed by atoms with Crippen LogP contribution in [0.1, 0.15) is 38.5 Å². The fourth-order valence-corrected chi connectivity index (χ4v) is 3.46. The SMILES string of the molecule is C#CCCC1(CCC(=O)N2CC3CC2(C(N)=O)C3)N=N1. The molecule has 3 fully saturated rings. The number of carbonyl (C=O) groups is 2.